The lowest BCUT2D eigenvalue weighted by Crippen LogP contribution is -2.52. The van der Waals surface area contributed by atoms with Crippen molar-refractivity contribution in [3.05, 3.63) is 0 Å². The fourth-order valence-corrected chi connectivity index (χ4v) is 2.22. The molecule has 116 valence electrons. The standard InChI is InChI=1S/C12H19F3N2O3/c1-2-4-9(10(18)19)16-11(20)17-6-3-5-8(7-17)12(13,14)15/h8-9H,2-7H2,1H3,(H,16,20)(H,18,19). The second-order valence-electron chi connectivity index (χ2n) is 4.96. The van der Waals surface area contributed by atoms with Gasteiger partial charge in [-0.2, -0.15) is 13.2 Å². The van der Waals surface area contributed by atoms with Crippen LogP contribution in [-0.4, -0.2) is 47.3 Å². The normalized spacial score (nSPS) is 21.4. The van der Waals surface area contributed by atoms with Gasteiger partial charge in [-0.1, -0.05) is 13.3 Å². The average Bonchev–Trinajstić information content (AvgIpc) is 2.37. The summed E-state index contributed by atoms with van der Waals surface area (Å²) in [4.78, 5) is 23.8. The van der Waals surface area contributed by atoms with Crippen LogP contribution < -0.4 is 5.32 Å². The van der Waals surface area contributed by atoms with E-state index >= 15 is 0 Å². The molecule has 1 aliphatic heterocycles. The van der Waals surface area contributed by atoms with E-state index in [0.29, 0.717) is 6.42 Å². The fraction of sp³-hybridized carbons (Fsp3) is 0.833. The van der Waals surface area contributed by atoms with Crippen LogP contribution in [0.25, 0.3) is 0 Å². The van der Waals surface area contributed by atoms with Crippen LogP contribution in [0.5, 0.6) is 0 Å². The summed E-state index contributed by atoms with van der Waals surface area (Å²) in [6.07, 6.45) is -3.25. The Labute approximate surface area is 115 Å². The molecule has 0 aromatic carbocycles. The summed E-state index contributed by atoms with van der Waals surface area (Å²) in [6.45, 7) is 1.58. The molecule has 2 atom stereocenters. The number of amides is 2. The fourth-order valence-electron chi connectivity index (χ4n) is 2.22. The van der Waals surface area contributed by atoms with E-state index in [1.807, 2.05) is 0 Å². The number of rotatable bonds is 4. The van der Waals surface area contributed by atoms with E-state index < -0.39 is 36.7 Å². The van der Waals surface area contributed by atoms with Crippen LogP contribution in [0.3, 0.4) is 0 Å². The quantitative estimate of drug-likeness (QED) is 0.835. The molecule has 0 aliphatic carbocycles. The molecular formula is C12H19F3N2O3. The number of aliphatic carboxylic acids is 1. The highest BCUT2D eigenvalue weighted by Gasteiger charge is 2.42. The van der Waals surface area contributed by atoms with Crippen LogP contribution in [0.1, 0.15) is 32.6 Å². The minimum atomic E-state index is -4.32. The Morgan fingerprint density at radius 1 is 1.45 bits per heavy atom. The summed E-state index contributed by atoms with van der Waals surface area (Å²) in [5.74, 6) is -2.71. The maximum atomic E-state index is 12.6. The molecule has 1 heterocycles. The molecule has 2 N–H and O–H groups in total. The van der Waals surface area contributed by atoms with Crippen molar-refractivity contribution in [3.63, 3.8) is 0 Å². The zero-order chi connectivity index (χ0) is 15.3. The van der Waals surface area contributed by atoms with Gasteiger partial charge in [-0.25, -0.2) is 9.59 Å². The summed E-state index contributed by atoms with van der Waals surface area (Å²) < 4.78 is 37.9. The van der Waals surface area contributed by atoms with E-state index in [2.05, 4.69) is 5.32 Å². The van der Waals surface area contributed by atoms with Gasteiger partial charge in [0.1, 0.15) is 6.04 Å². The molecule has 0 aromatic rings. The van der Waals surface area contributed by atoms with Crippen LogP contribution in [0.2, 0.25) is 0 Å². The van der Waals surface area contributed by atoms with Gasteiger partial charge in [0.2, 0.25) is 0 Å². The molecule has 1 rings (SSSR count). The van der Waals surface area contributed by atoms with E-state index in [0.717, 1.165) is 4.90 Å². The third kappa shape index (κ3) is 4.57. The number of nitrogens with one attached hydrogen (secondary N) is 1. The van der Waals surface area contributed by atoms with Crippen LogP contribution >= 0.6 is 0 Å². The number of hydrogen-bond donors (Lipinski definition) is 2. The van der Waals surface area contributed by atoms with Crippen molar-refractivity contribution in [1.29, 1.82) is 0 Å². The van der Waals surface area contributed by atoms with Crippen molar-refractivity contribution in [1.82, 2.24) is 10.2 Å². The molecule has 5 nitrogen and oxygen atoms in total. The number of carboxylic acids is 1. The van der Waals surface area contributed by atoms with Gasteiger partial charge in [0, 0.05) is 13.1 Å². The summed E-state index contributed by atoms with van der Waals surface area (Å²) in [6, 6.07) is -1.79. The van der Waals surface area contributed by atoms with Crippen molar-refractivity contribution < 1.29 is 27.9 Å². The van der Waals surface area contributed by atoms with Crippen LogP contribution in [0, 0.1) is 5.92 Å². The van der Waals surface area contributed by atoms with Gasteiger partial charge in [0.05, 0.1) is 5.92 Å². The predicted octanol–water partition coefficient (Wildman–Crippen LogP) is 2.22. The first-order valence-corrected chi connectivity index (χ1v) is 6.60. The number of likely N-dealkylation sites (tertiary alicyclic amines) is 1. The van der Waals surface area contributed by atoms with Crippen LogP contribution in [-0.2, 0) is 4.79 Å². The minimum Gasteiger partial charge on any atom is -0.480 e. The van der Waals surface area contributed by atoms with Gasteiger partial charge in [0.15, 0.2) is 0 Å². The highest BCUT2D eigenvalue weighted by Crippen LogP contribution is 2.33. The minimum absolute atomic E-state index is 0.00456. The first-order chi connectivity index (χ1) is 9.25. The number of urea groups is 1. The van der Waals surface area contributed by atoms with Crippen molar-refractivity contribution >= 4 is 12.0 Å². The Morgan fingerprint density at radius 3 is 2.60 bits per heavy atom. The van der Waals surface area contributed by atoms with Gasteiger partial charge in [-0.05, 0) is 19.3 Å². The number of carboxylic acid groups (broad SMARTS) is 1. The monoisotopic (exact) mass is 296 g/mol. The molecule has 0 bridgehead atoms. The lowest BCUT2D eigenvalue weighted by atomic mass is 9.98. The lowest BCUT2D eigenvalue weighted by molar-refractivity contribution is -0.184. The molecule has 0 spiro atoms. The van der Waals surface area contributed by atoms with Gasteiger partial charge in [0.25, 0.3) is 0 Å². The van der Waals surface area contributed by atoms with Crippen LogP contribution in [0.4, 0.5) is 18.0 Å². The number of hydrogen-bond acceptors (Lipinski definition) is 2. The predicted molar refractivity (Wildman–Crippen MR) is 65.2 cm³/mol. The van der Waals surface area contributed by atoms with E-state index in [-0.39, 0.29) is 25.8 Å². The van der Waals surface area contributed by atoms with E-state index in [1.165, 1.54) is 0 Å². The highest BCUT2D eigenvalue weighted by atomic mass is 19.4. The Kier molecular flexibility index (Phi) is 5.64. The third-order valence-electron chi connectivity index (χ3n) is 3.34. The van der Waals surface area contributed by atoms with Gasteiger partial charge >= 0.3 is 18.2 Å². The van der Waals surface area contributed by atoms with Crippen molar-refractivity contribution in [3.8, 4) is 0 Å². The first-order valence-electron chi connectivity index (χ1n) is 6.60. The first kappa shape index (κ1) is 16.6. The molecule has 1 saturated heterocycles. The number of piperidine rings is 1. The molecule has 2 unspecified atom stereocenters. The van der Waals surface area contributed by atoms with E-state index in [4.69, 9.17) is 5.11 Å². The summed E-state index contributed by atoms with van der Waals surface area (Å²) in [7, 11) is 0. The molecule has 1 aliphatic rings. The number of alkyl halides is 3. The molecule has 0 aromatic heterocycles. The van der Waals surface area contributed by atoms with E-state index in [9.17, 15) is 22.8 Å². The highest BCUT2D eigenvalue weighted by molar-refractivity contribution is 5.82. The number of carbonyl (C=O) groups excluding carboxylic acids is 1. The molecule has 8 heteroatoms. The third-order valence-corrected chi connectivity index (χ3v) is 3.34. The van der Waals surface area contributed by atoms with Gasteiger partial charge in [-0.15, -0.1) is 0 Å². The van der Waals surface area contributed by atoms with Crippen molar-refractivity contribution in [2.75, 3.05) is 13.1 Å². The smallest absolute Gasteiger partial charge is 0.393 e. The Morgan fingerprint density at radius 2 is 2.10 bits per heavy atom. The lowest BCUT2D eigenvalue weighted by Gasteiger charge is -2.34. The Balaban J connectivity index is 2.60. The Hall–Kier alpha value is -1.47. The average molecular weight is 296 g/mol. The molecule has 1 fully saturated rings. The summed E-state index contributed by atoms with van der Waals surface area (Å²) >= 11 is 0. The number of carbonyl (C=O) groups is 2. The van der Waals surface area contributed by atoms with Crippen molar-refractivity contribution in [2.24, 2.45) is 5.92 Å². The van der Waals surface area contributed by atoms with E-state index in [1.54, 1.807) is 6.92 Å². The molecule has 0 radical (unpaired) electrons. The van der Waals surface area contributed by atoms with Crippen LogP contribution in [0.15, 0.2) is 0 Å². The summed E-state index contributed by atoms with van der Waals surface area (Å²) in [5.41, 5.74) is 0. The zero-order valence-electron chi connectivity index (χ0n) is 11.2. The van der Waals surface area contributed by atoms with Gasteiger partial charge in [-0.3, -0.25) is 0 Å². The summed E-state index contributed by atoms with van der Waals surface area (Å²) in [5, 5.41) is 11.2. The zero-order valence-corrected chi connectivity index (χ0v) is 11.2. The second-order valence-corrected chi connectivity index (χ2v) is 4.96. The largest absolute Gasteiger partial charge is 0.480 e. The van der Waals surface area contributed by atoms with Crippen molar-refractivity contribution in [2.45, 2.75) is 44.8 Å². The molecule has 2 amide bonds. The second kappa shape index (κ2) is 6.81. The molecular weight excluding hydrogens is 277 g/mol. The number of halogens is 3. The van der Waals surface area contributed by atoms with Gasteiger partial charge < -0.3 is 15.3 Å². The maximum Gasteiger partial charge on any atom is 0.393 e. The maximum absolute atomic E-state index is 12.6. The molecule has 20 heavy (non-hydrogen) atoms. The SMILES string of the molecule is CCCC(NC(=O)N1CCCC(C(F)(F)F)C1)C(=O)O. The topological polar surface area (TPSA) is 69.6 Å². The Bertz CT molecular complexity index is 360. The number of nitrogens with zero attached hydrogens (tertiary/aromatic N) is 1. The molecule has 0 saturated carbocycles.